The maximum absolute atomic E-state index is 5.89. The third kappa shape index (κ3) is 17.8. The Labute approximate surface area is 847 Å². The summed E-state index contributed by atoms with van der Waals surface area (Å²) in [7, 11) is 9.58. The molecule has 0 unspecified atom stereocenters. The van der Waals surface area contributed by atoms with Crippen LogP contribution in [0.1, 0.15) is 27.8 Å². The monoisotopic (exact) mass is 1970 g/mol. The largest absolute Gasteiger partial charge is 0.486 e. The highest BCUT2D eigenvalue weighted by Gasteiger charge is 2.31. The van der Waals surface area contributed by atoms with E-state index in [0.29, 0.717) is 43.9 Å². The number of aryl methyl sites for hydroxylation is 5. The summed E-state index contributed by atoms with van der Waals surface area (Å²) in [5, 5.41) is 50.3. The Bertz CT molecular complexity index is 8270. The molecule has 26 rings (SSSR count). The number of benzene rings is 16. The second-order valence-electron chi connectivity index (χ2n) is 34.6. The molecular weight excluding hydrogens is 1870 g/mol. The van der Waals surface area contributed by atoms with E-state index in [2.05, 4.69) is 284 Å². The lowest BCUT2D eigenvalue weighted by Crippen LogP contribution is -2.18. The van der Waals surface area contributed by atoms with Gasteiger partial charge < -0.3 is 72.1 Å². The zero-order chi connectivity index (χ0) is 98.0. The third-order valence-electron chi connectivity index (χ3n) is 26.2. The van der Waals surface area contributed by atoms with Gasteiger partial charge in [0.1, 0.15) is 75.3 Å². The van der Waals surface area contributed by atoms with Crippen LogP contribution < -0.4 is 72.1 Å². The van der Waals surface area contributed by atoms with Gasteiger partial charge >= 0.3 is 0 Å². The zero-order valence-electron chi connectivity index (χ0n) is 80.7. The van der Waals surface area contributed by atoms with E-state index in [1.165, 1.54) is 74.8 Å². The lowest BCUT2D eigenvalue weighted by molar-refractivity contribution is 0.158. The molecule has 10 heterocycles. The minimum Gasteiger partial charge on any atom is -0.486 e. The predicted octanol–water partition coefficient (Wildman–Crippen LogP) is 27.4. The number of aromatic nitrogens is 12. The van der Waals surface area contributed by atoms with Crippen molar-refractivity contribution >= 4 is 263 Å². The molecule has 0 saturated carbocycles. The van der Waals surface area contributed by atoms with Crippen LogP contribution in [-0.4, -0.2) is 144 Å². The number of rotatable bonds is 15. The van der Waals surface area contributed by atoms with Crippen LogP contribution in [0.2, 0.25) is 0 Å². The van der Waals surface area contributed by atoms with Crippen LogP contribution in [0.3, 0.4) is 0 Å². The Morgan fingerprint density at radius 2 is 0.486 bits per heavy atom. The molecule has 26 nitrogen and oxygen atoms in total. The number of hydrogen-bond donors (Lipinski definition) is 10. The van der Waals surface area contributed by atoms with Crippen molar-refractivity contribution in [3.05, 3.63) is 296 Å². The molecule has 4 aliphatic heterocycles. The van der Waals surface area contributed by atoms with Crippen molar-refractivity contribution in [2.24, 2.45) is 0 Å². The Balaban J connectivity index is 0.000000104. The van der Waals surface area contributed by atoms with E-state index in [9.17, 15) is 0 Å². The first-order chi connectivity index (χ1) is 70.8. The first-order valence-corrected chi connectivity index (χ1v) is 51.5. The minimum absolute atomic E-state index is 0.436. The molecule has 0 bridgehead atoms. The Morgan fingerprint density at radius 3 is 0.882 bits per heavy atom. The van der Waals surface area contributed by atoms with Crippen molar-refractivity contribution in [3.8, 4) is 23.3 Å². The molecule has 0 saturated heterocycles. The molecular formula is C114H100N22O4S4. The second kappa shape index (κ2) is 40.7. The highest BCUT2D eigenvalue weighted by molar-refractivity contribution is 8.06. The summed E-state index contributed by atoms with van der Waals surface area (Å²) < 4.78 is 23.4. The first-order valence-electron chi connectivity index (χ1n) is 47.6. The number of thioether (sulfide) groups is 4. The molecule has 10 N–H and O–H groups in total. The molecule has 0 aliphatic carbocycles. The van der Waals surface area contributed by atoms with Crippen molar-refractivity contribution < 1.29 is 18.9 Å². The van der Waals surface area contributed by atoms with Gasteiger partial charge in [-0.1, -0.05) is 97.1 Å². The topological polar surface area (TPSA) is 312 Å². The third-order valence-corrected chi connectivity index (χ3v) is 31.2. The van der Waals surface area contributed by atoms with Crippen molar-refractivity contribution in [1.82, 2.24) is 59.8 Å². The fraction of sp³-hybridized carbons (Fsp3) is 0.158. The molecule has 0 amide bonds. The van der Waals surface area contributed by atoms with Crippen molar-refractivity contribution in [2.45, 2.75) is 54.5 Å². The Kier molecular flexibility index (Phi) is 26.2. The summed E-state index contributed by atoms with van der Waals surface area (Å²) in [5.74, 6) is 6.72. The maximum atomic E-state index is 5.89. The molecule has 0 fully saturated rings. The molecule has 6 aromatic heterocycles. The highest BCUT2D eigenvalue weighted by atomic mass is 32.2. The van der Waals surface area contributed by atoms with Crippen LogP contribution in [0, 0.1) is 34.6 Å². The summed E-state index contributed by atoms with van der Waals surface area (Å²) in [6.07, 6.45) is 13.7. The maximum Gasteiger partial charge on any atom is 0.278 e. The quantitative estimate of drug-likeness (QED) is 0.0337. The SMILES string of the molecule is CNc1ccc(Nc2c3c(c(C)c4nccnc24)OCCO3)cc1.CNc1ccc(Nc2c3c(c(C)c4nccnc24)SCCS3)cc1.CNc1ccc(Nc2c3nc4c(nc3c(C)c3c5ccccc5c5ccccc5c23)OCCO4)cc1.CNc1ccc(Nc2c3nc4c(nc3c(C)c3c5ccccc5c5ccccc5c23)SCCS4)cc1.CNc1ccc(Nc2c3nccnc3c(C)c3nccnc23)cc1. The van der Waals surface area contributed by atoms with Crippen molar-refractivity contribution in [2.75, 3.05) is 138 Å². The van der Waals surface area contributed by atoms with Crippen LogP contribution in [0.25, 0.3) is 131 Å². The van der Waals surface area contributed by atoms with Crippen molar-refractivity contribution in [1.29, 1.82) is 0 Å². The summed E-state index contributed by atoms with van der Waals surface area (Å²) in [4.78, 5) is 59.2. The number of fused-ring (bicyclic) bond motifs is 22. The molecule has 0 atom stereocenters. The number of ether oxygens (including phenoxy) is 4. The fourth-order valence-corrected chi connectivity index (χ4v) is 23.8. The molecule has 30 heteroatoms. The summed E-state index contributed by atoms with van der Waals surface area (Å²) in [6, 6.07) is 75.6. The molecule has 4 aliphatic rings. The zero-order valence-corrected chi connectivity index (χ0v) is 84.0. The van der Waals surface area contributed by atoms with Gasteiger partial charge in [-0.15, -0.1) is 47.0 Å². The predicted molar refractivity (Wildman–Crippen MR) is 601 cm³/mol. The highest BCUT2D eigenvalue weighted by Crippen LogP contribution is 2.53. The molecule has 0 spiro atoms. The van der Waals surface area contributed by atoms with E-state index in [0.717, 1.165) is 218 Å². The lowest BCUT2D eigenvalue weighted by Gasteiger charge is -2.24. The van der Waals surface area contributed by atoms with E-state index in [-0.39, 0.29) is 0 Å². The summed E-state index contributed by atoms with van der Waals surface area (Å²) in [5.41, 5.74) is 30.6. The lowest BCUT2D eigenvalue weighted by atomic mass is 9.90. The van der Waals surface area contributed by atoms with Crippen LogP contribution in [-0.2, 0) is 0 Å². The number of nitrogens with one attached hydrogen (secondary N) is 10. The van der Waals surface area contributed by atoms with Crippen LogP contribution in [0.15, 0.2) is 288 Å². The Hall–Kier alpha value is -16.3. The smallest absolute Gasteiger partial charge is 0.278 e. The van der Waals surface area contributed by atoms with E-state index >= 15 is 0 Å². The second-order valence-corrected chi connectivity index (χ2v) is 39.0. The van der Waals surface area contributed by atoms with E-state index in [4.69, 9.17) is 38.9 Å². The van der Waals surface area contributed by atoms with Gasteiger partial charge in [0, 0.05) is 196 Å². The molecule has 714 valence electrons. The van der Waals surface area contributed by atoms with E-state index in [1.54, 1.807) is 49.6 Å². The van der Waals surface area contributed by atoms with Gasteiger partial charge in [-0.05, 0) is 226 Å². The fourth-order valence-electron chi connectivity index (χ4n) is 19.2. The number of hydrogen-bond acceptors (Lipinski definition) is 30. The van der Waals surface area contributed by atoms with Crippen molar-refractivity contribution in [3.63, 3.8) is 0 Å². The number of nitrogens with zero attached hydrogens (tertiary/aromatic N) is 12. The van der Waals surface area contributed by atoms with Gasteiger partial charge in [-0.2, -0.15) is 0 Å². The first kappa shape index (κ1) is 92.7. The van der Waals surface area contributed by atoms with Gasteiger partial charge in [0.2, 0.25) is 0 Å². The van der Waals surface area contributed by atoms with Gasteiger partial charge in [-0.25, -0.2) is 19.9 Å². The number of anilines is 15. The van der Waals surface area contributed by atoms with E-state index < -0.39 is 0 Å². The summed E-state index contributed by atoms with van der Waals surface area (Å²) >= 11 is 7.46. The van der Waals surface area contributed by atoms with Gasteiger partial charge in [0.15, 0.2) is 11.5 Å². The van der Waals surface area contributed by atoms with Gasteiger partial charge in [0.05, 0.1) is 55.8 Å². The average Bonchev–Trinajstić information content (AvgIpc) is 0.710. The van der Waals surface area contributed by atoms with Gasteiger partial charge in [-0.3, -0.25) is 39.9 Å². The molecule has 16 aromatic carbocycles. The van der Waals surface area contributed by atoms with Gasteiger partial charge in [0.25, 0.3) is 11.8 Å². The van der Waals surface area contributed by atoms with Crippen LogP contribution in [0.5, 0.6) is 23.3 Å². The van der Waals surface area contributed by atoms with Crippen LogP contribution in [0.4, 0.5) is 85.3 Å². The normalized spacial score (nSPS) is 12.8. The molecule has 22 aromatic rings. The van der Waals surface area contributed by atoms with E-state index in [1.807, 2.05) is 145 Å². The molecule has 0 radical (unpaired) electrons. The summed E-state index contributed by atoms with van der Waals surface area (Å²) in [6.45, 7) is 12.5. The standard InChI is InChI=1S/C30H24N4O2.C30H24N4S2.C18H16N6.C18H18N4O2.C18H18N4S2/c2*1-17-24-22-9-5-3-7-20(22)21-8-4-6-10-23(21)25(24)27(32-19-13-11-18(31-2)12-14-19)28-26(17)33-29-30(34-28)36-16-15-35-29;1-11-14-16(22-9-7-20-14)18(17-15(11)21-8-10-23-17)24-13-5-3-12(19-2)4-6-13;2*1-11-14-15(21-8-7-20-14)16(18-17(11)23-9-10-24-18)22-13-5-3-12(19-2)4-6-13/h2*3-14,31-32H,15-16H2,1-2H3;3-10,19,24H,1-2H3;2*3-8,19,22H,9-10H2,1-2H3. The Morgan fingerprint density at radius 1 is 0.215 bits per heavy atom. The molecule has 144 heavy (non-hydrogen) atoms. The van der Waals surface area contributed by atoms with Crippen LogP contribution >= 0.6 is 47.0 Å². The minimum atomic E-state index is 0.436. The average molecular weight is 1970 g/mol.